The molecule has 1 saturated heterocycles. The molecule has 3 heterocycles. The van der Waals surface area contributed by atoms with E-state index in [0.29, 0.717) is 18.2 Å². The molecule has 1 amide bonds. The maximum absolute atomic E-state index is 12.6. The van der Waals surface area contributed by atoms with Gasteiger partial charge in [-0.15, -0.1) is 0 Å². The van der Waals surface area contributed by atoms with Gasteiger partial charge >= 0.3 is 0 Å². The number of amides is 1. The SMILES string of the molecule is CCn1ccc(C(=O)N2CCC(Cn3c(C)cnc3COC)CC2)n1. The lowest BCUT2D eigenvalue weighted by Crippen LogP contribution is -2.39. The van der Waals surface area contributed by atoms with Gasteiger partial charge < -0.3 is 14.2 Å². The molecule has 7 heteroatoms. The number of methoxy groups -OCH3 is 1. The van der Waals surface area contributed by atoms with Gasteiger partial charge in [-0.3, -0.25) is 9.48 Å². The highest BCUT2D eigenvalue weighted by Crippen LogP contribution is 2.22. The third-order valence-electron chi connectivity index (χ3n) is 4.94. The fraction of sp³-hybridized carbons (Fsp3) is 0.611. The molecule has 0 aromatic carbocycles. The van der Waals surface area contributed by atoms with E-state index in [1.807, 2.05) is 30.3 Å². The number of imidazole rings is 1. The maximum atomic E-state index is 12.6. The van der Waals surface area contributed by atoms with E-state index in [4.69, 9.17) is 4.74 Å². The van der Waals surface area contributed by atoms with E-state index < -0.39 is 0 Å². The van der Waals surface area contributed by atoms with Crippen LogP contribution in [-0.4, -0.2) is 50.3 Å². The quantitative estimate of drug-likeness (QED) is 0.804. The Morgan fingerprint density at radius 1 is 1.36 bits per heavy atom. The Kier molecular flexibility index (Phi) is 5.53. The Bertz CT molecular complexity index is 713. The summed E-state index contributed by atoms with van der Waals surface area (Å²) in [7, 11) is 1.69. The van der Waals surface area contributed by atoms with Crippen LogP contribution in [0.2, 0.25) is 0 Å². The average molecular weight is 345 g/mol. The minimum atomic E-state index is 0.0459. The molecule has 25 heavy (non-hydrogen) atoms. The van der Waals surface area contributed by atoms with Crippen LogP contribution in [0.4, 0.5) is 0 Å². The summed E-state index contributed by atoms with van der Waals surface area (Å²) in [5.74, 6) is 1.58. The number of nitrogens with zero attached hydrogens (tertiary/aromatic N) is 5. The van der Waals surface area contributed by atoms with Gasteiger partial charge in [0.05, 0.1) is 0 Å². The molecule has 0 atom stereocenters. The Morgan fingerprint density at radius 3 is 2.76 bits per heavy atom. The van der Waals surface area contributed by atoms with Crippen LogP contribution in [0.3, 0.4) is 0 Å². The molecule has 0 unspecified atom stereocenters. The van der Waals surface area contributed by atoms with Crippen LogP contribution in [-0.2, 0) is 24.4 Å². The summed E-state index contributed by atoms with van der Waals surface area (Å²) < 4.78 is 9.27. The fourth-order valence-electron chi connectivity index (χ4n) is 3.40. The Balaban J connectivity index is 1.57. The maximum Gasteiger partial charge on any atom is 0.274 e. The van der Waals surface area contributed by atoms with Gasteiger partial charge in [-0.2, -0.15) is 5.10 Å². The number of hydrogen-bond donors (Lipinski definition) is 0. The lowest BCUT2D eigenvalue weighted by atomic mass is 9.96. The lowest BCUT2D eigenvalue weighted by Gasteiger charge is -2.32. The topological polar surface area (TPSA) is 65.2 Å². The molecule has 7 nitrogen and oxygen atoms in total. The third-order valence-corrected chi connectivity index (χ3v) is 4.94. The molecule has 0 aliphatic carbocycles. The summed E-state index contributed by atoms with van der Waals surface area (Å²) in [5.41, 5.74) is 1.71. The molecule has 3 rings (SSSR count). The second-order valence-electron chi connectivity index (χ2n) is 6.65. The van der Waals surface area contributed by atoms with Gasteiger partial charge in [0.15, 0.2) is 0 Å². The van der Waals surface area contributed by atoms with Crippen LogP contribution < -0.4 is 0 Å². The Morgan fingerprint density at radius 2 is 2.12 bits per heavy atom. The first kappa shape index (κ1) is 17.7. The summed E-state index contributed by atoms with van der Waals surface area (Å²) >= 11 is 0. The van der Waals surface area contributed by atoms with Crippen molar-refractivity contribution in [2.45, 2.75) is 46.4 Å². The van der Waals surface area contributed by atoms with Gasteiger partial charge in [-0.25, -0.2) is 4.98 Å². The molecule has 0 radical (unpaired) electrons. The first-order valence-corrected chi connectivity index (χ1v) is 8.95. The van der Waals surface area contributed by atoms with Crippen molar-refractivity contribution in [3.05, 3.63) is 35.7 Å². The van der Waals surface area contributed by atoms with Gasteiger partial charge in [0, 0.05) is 51.4 Å². The predicted octanol–water partition coefficient (Wildman–Crippen LogP) is 2.11. The molecule has 2 aromatic rings. The lowest BCUT2D eigenvalue weighted by molar-refractivity contribution is 0.0674. The zero-order valence-electron chi connectivity index (χ0n) is 15.3. The number of rotatable bonds is 6. The number of aryl methyl sites for hydroxylation is 2. The molecule has 1 fully saturated rings. The Labute approximate surface area is 148 Å². The first-order chi connectivity index (χ1) is 12.1. The van der Waals surface area contributed by atoms with Crippen molar-refractivity contribution in [3.63, 3.8) is 0 Å². The molecule has 136 valence electrons. The van der Waals surface area contributed by atoms with Crippen LogP contribution in [0, 0.1) is 12.8 Å². The molecule has 1 aliphatic heterocycles. The highest BCUT2D eigenvalue weighted by Gasteiger charge is 2.25. The molecule has 1 aliphatic rings. The number of piperidine rings is 1. The molecule has 0 bridgehead atoms. The van der Waals surface area contributed by atoms with Crippen molar-refractivity contribution in [2.24, 2.45) is 5.92 Å². The van der Waals surface area contributed by atoms with Crippen LogP contribution in [0.1, 0.15) is 41.8 Å². The smallest absolute Gasteiger partial charge is 0.274 e. The minimum Gasteiger partial charge on any atom is -0.377 e. The van der Waals surface area contributed by atoms with E-state index in [1.165, 1.54) is 0 Å². The number of carbonyl (C=O) groups excluding carboxylic acids is 1. The molecule has 2 aromatic heterocycles. The van der Waals surface area contributed by atoms with Gasteiger partial charge in [-0.05, 0) is 38.7 Å². The summed E-state index contributed by atoms with van der Waals surface area (Å²) in [6, 6.07) is 1.81. The van der Waals surface area contributed by atoms with E-state index in [0.717, 1.165) is 50.5 Å². The van der Waals surface area contributed by atoms with Crippen molar-refractivity contribution in [1.29, 1.82) is 0 Å². The van der Waals surface area contributed by atoms with Crippen LogP contribution >= 0.6 is 0 Å². The van der Waals surface area contributed by atoms with Gasteiger partial charge in [0.1, 0.15) is 18.1 Å². The van der Waals surface area contributed by atoms with Gasteiger partial charge in [0.2, 0.25) is 0 Å². The number of hydrogen-bond acceptors (Lipinski definition) is 4. The standard InChI is InChI=1S/C18H27N5O2/c1-4-22-10-7-16(20-22)18(24)21-8-5-15(6-9-21)12-23-14(2)11-19-17(23)13-25-3/h7,10-11,15H,4-6,8-9,12-13H2,1-3H3. The van der Waals surface area contributed by atoms with E-state index in [-0.39, 0.29) is 5.91 Å². The molecule has 0 spiro atoms. The van der Waals surface area contributed by atoms with Crippen molar-refractivity contribution in [3.8, 4) is 0 Å². The number of ether oxygens (including phenoxy) is 1. The van der Waals surface area contributed by atoms with E-state index >= 15 is 0 Å². The number of carbonyl (C=O) groups is 1. The zero-order chi connectivity index (χ0) is 17.8. The number of aromatic nitrogens is 4. The molecule has 0 saturated carbocycles. The van der Waals surface area contributed by atoms with Crippen LogP contribution in [0.15, 0.2) is 18.5 Å². The summed E-state index contributed by atoms with van der Waals surface area (Å²) in [4.78, 5) is 18.9. The predicted molar refractivity (Wildman–Crippen MR) is 94.2 cm³/mol. The Hall–Kier alpha value is -2.15. The van der Waals surface area contributed by atoms with E-state index in [9.17, 15) is 4.79 Å². The second kappa shape index (κ2) is 7.82. The zero-order valence-corrected chi connectivity index (χ0v) is 15.3. The number of likely N-dealkylation sites (tertiary alicyclic amines) is 1. The second-order valence-corrected chi connectivity index (χ2v) is 6.65. The highest BCUT2D eigenvalue weighted by molar-refractivity contribution is 5.92. The minimum absolute atomic E-state index is 0.0459. The van der Waals surface area contributed by atoms with E-state index in [2.05, 4.69) is 21.6 Å². The van der Waals surface area contributed by atoms with Gasteiger partial charge in [-0.1, -0.05) is 0 Å². The average Bonchev–Trinajstić information content (AvgIpc) is 3.24. The fourth-order valence-corrected chi connectivity index (χ4v) is 3.40. The third kappa shape index (κ3) is 3.92. The molecular formula is C18H27N5O2. The summed E-state index contributed by atoms with van der Waals surface area (Å²) in [5, 5.41) is 4.33. The van der Waals surface area contributed by atoms with E-state index in [1.54, 1.807) is 11.8 Å². The largest absolute Gasteiger partial charge is 0.377 e. The van der Waals surface area contributed by atoms with Crippen LogP contribution in [0.5, 0.6) is 0 Å². The van der Waals surface area contributed by atoms with Crippen LogP contribution in [0.25, 0.3) is 0 Å². The molecule has 0 N–H and O–H groups in total. The first-order valence-electron chi connectivity index (χ1n) is 8.95. The summed E-state index contributed by atoms with van der Waals surface area (Å²) in [6.45, 7) is 7.93. The van der Waals surface area contributed by atoms with Crippen molar-refractivity contribution < 1.29 is 9.53 Å². The van der Waals surface area contributed by atoms with Crippen molar-refractivity contribution in [2.75, 3.05) is 20.2 Å². The highest BCUT2D eigenvalue weighted by atomic mass is 16.5. The van der Waals surface area contributed by atoms with Gasteiger partial charge in [0.25, 0.3) is 5.91 Å². The van der Waals surface area contributed by atoms with Crippen molar-refractivity contribution >= 4 is 5.91 Å². The summed E-state index contributed by atoms with van der Waals surface area (Å²) in [6.07, 6.45) is 5.77. The monoisotopic (exact) mass is 345 g/mol. The van der Waals surface area contributed by atoms with Crippen molar-refractivity contribution in [1.82, 2.24) is 24.2 Å². The molecular weight excluding hydrogens is 318 g/mol. The normalized spacial score (nSPS) is 15.7.